The van der Waals surface area contributed by atoms with E-state index in [0.717, 1.165) is 10.2 Å². The molecule has 0 saturated heterocycles. The molecule has 0 aliphatic heterocycles. The summed E-state index contributed by atoms with van der Waals surface area (Å²) in [7, 11) is 0. The maximum absolute atomic E-state index is 4.52. The second-order valence-electron chi connectivity index (χ2n) is 5.42. The zero-order chi connectivity index (χ0) is 13.8. The fraction of sp³-hybridized carbons (Fsp3) is 0.353. The summed E-state index contributed by atoms with van der Waals surface area (Å²) in [5.41, 5.74) is 2.16. The Hall–Kier alpha value is -1.35. The molecule has 0 spiro atoms. The van der Waals surface area contributed by atoms with Crippen molar-refractivity contribution < 1.29 is 0 Å². The van der Waals surface area contributed by atoms with Crippen molar-refractivity contribution in [2.24, 2.45) is 4.99 Å². The van der Waals surface area contributed by atoms with Gasteiger partial charge in [-0.15, -0.1) is 0 Å². The van der Waals surface area contributed by atoms with Crippen molar-refractivity contribution >= 4 is 27.8 Å². The van der Waals surface area contributed by atoms with E-state index in [2.05, 4.69) is 43.9 Å². The quantitative estimate of drug-likeness (QED) is 0.660. The van der Waals surface area contributed by atoms with Gasteiger partial charge >= 0.3 is 0 Å². The first-order chi connectivity index (χ1) is 9.81. The molecule has 1 aliphatic carbocycles. The average Bonchev–Trinajstić information content (AvgIpc) is 2.97. The van der Waals surface area contributed by atoms with Crippen LogP contribution in [0, 0.1) is 0 Å². The lowest BCUT2D eigenvalue weighted by atomic mass is 9.95. The molecule has 104 valence electrons. The third kappa shape index (κ3) is 3.40. The summed E-state index contributed by atoms with van der Waals surface area (Å²) in [5, 5.41) is 0. The Kier molecular flexibility index (Phi) is 4.36. The lowest BCUT2D eigenvalue weighted by molar-refractivity contribution is 0.354. The predicted molar refractivity (Wildman–Crippen MR) is 88.0 cm³/mol. The van der Waals surface area contributed by atoms with Crippen LogP contribution in [0.3, 0.4) is 0 Å². The molecule has 0 N–H and O–H groups in total. The van der Waals surface area contributed by atoms with E-state index in [9.17, 15) is 0 Å². The van der Waals surface area contributed by atoms with Crippen molar-refractivity contribution in [2.75, 3.05) is 0 Å². The third-order valence-corrected chi connectivity index (χ3v) is 4.45. The number of aliphatic imine (C=N–C) groups is 1. The third-order valence-electron chi connectivity index (χ3n) is 3.92. The van der Waals surface area contributed by atoms with Crippen molar-refractivity contribution in [1.82, 2.24) is 4.57 Å². The number of rotatable bonds is 3. The average molecular weight is 331 g/mol. The van der Waals surface area contributed by atoms with Crippen LogP contribution in [-0.4, -0.2) is 10.8 Å². The summed E-state index contributed by atoms with van der Waals surface area (Å²) in [6.07, 6.45) is 13.1. The Morgan fingerprint density at radius 1 is 1.05 bits per heavy atom. The Labute approximate surface area is 128 Å². The molecule has 1 fully saturated rings. The summed E-state index contributed by atoms with van der Waals surface area (Å²) in [4.78, 5) is 4.52. The molecular weight excluding hydrogens is 312 g/mol. The molecule has 0 bridgehead atoms. The molecule has 0 atom stereocenters. The van der Waals surface area contributed by atoms with Gasteiger partial charge in [0, 0.05) is 34.7 Å². The highest BCUT2D eigenvalue weighted by Gasteiger charge is 2.14. The number of nitrogens with zero attached hydrogens (tertiary/aromatic N) is 2. The molecule has 3 heteroatoms. The van der Waals surface area contributed by atoms with Crippen molar-refractivity contribution in [3.63, 3.8) is 0 Å². The monoisotopic (exact) mass is 330 g/mol. The predicted octanol–water partition coefficient (Wildman–Crippen LogP) is 5.51. The Morgan fingerprint density at radius 2 is 1.80 bits per heavy atom. The fourth-order valence-corrected chi connectivity index (χ4v) is 3.05. The first kappa shape index (κ1) is 13.6. The van der Waals surface area contributed by atoms with Crippen LogP contribution in [0.4, 0.5) is 5.69 Å². The number of hydrogen-bond donors (Lipinski definition) is 0. The van der Waals surface area contributed by atoms with Crippen LogP contribution in [0.1, 0.15) is 43.7 Å². The molecule has 1 aromatic heterocycles. The van der Waals surface area contributed by atoms with Crippen LogP contribution in [0.15, 0.2) is 52.2 Å². The number of aromatic nitrogens is 1. The molecule has 20 heavy (non-hydrogen) atoms. The van der Waals surface area contributed by atoms with Crippen molar-refractivity contribution in [2.45, 2.75) is 38.1 Å². The Bertz CT molecular complexity index is 577. The second-order valence-corrected chi connectivity index (χ2v) is 6.33. The number of hydrogen-bond acceptors (Lipinski definition) is 1. The fourth-order valence-electron chi connectivity index (χ4n) is 2.79. The lowest BCUT2D eigenvalue weighted by Gasteiger charge is -2.23. The van der Waals surface area contributed by atoms with Gasteiger partial charge < -0.3 is 4.57 Å². The minimum atomic E-state index is 0.693. The van der Waals surface area contributed by atoms with Gasteiger partial charge in [-0.05, 0) is 43.2 Å². The largest absolute Gasteiger partial charge is 0.351 e. The van der Waals surface area contributed by atoms with Crippen molar-refractivity contribution in [3.8, 4) is 0 Å². The smallest absolute Gasteiger partial charge is 0.0630 e. The number of benzene rings is 1. The van der Waals surface area contributed by atoms with Crippen LogP contribution < -0.4 is 0 Å². The first-order valence-electron chi connectivity index (χ1n) is 7.28. The van der Waals surface area contributed by atoms with E-state index in [-0.39, 0.29) is 0 Å². The van der Waals surface area contributed by atoms with E-state index in [1.807, 2.05) is 30.5 Å². The number of halogens is 1. The summed E-state index contributed by atoms with van der Waals surface area (Å²) in [6.45, 7) is 0. The Morgan fingerprint density at radius 3 is 2.55 bits per heavy atom. The van der Waals surface area contributed by atoms with Gasteiger partial charge in [0.1, 0.15) is 0 Å². The van der Waals surface area contributed by atoms with E-state index in [1.165, 1.54) is 37.7 Å². The van der Waals surface area contributed by atoms with Gasteiger partial charge in [0.2, 0.25) is 0 Å². The van der Waals surface area contributed by atoms with Gasteiger partial charge in [-0.25, -0.2) is 0 Å². The molecule has 2 aromatic rings. The van der Waals surface area contributed by atoms with Crippen LogP contribution in [0.5, 0.6) is 0 Å². The van der Waals surface area contributed by atoms with E-state index in [1.54, 1.807) is 0 Å². The zero-order valence-corrected chi connectivity index (χ0v) is 13.1. The molecule has 0 unspecified atom stereocenters. The molecule has 0 radical (unpaired) electrons. The summed E-state index contributed by atoms with van der Waals surface area (Å²) in [5.74, 6) is 0. The Balaban J connectivity index is 1.68. The van der Waals surface area contributed by atoms with E-state index < -0.39 is 0 Å². The molecule has 1 saturated carbocycles. The topological polar surface area (TPSA) is 17.3 Å². The van der Waals surface area contributed by atoms with Crippen LogP contribution in [-0.2, 0) is 0 Å². The summed E-state index contributed by atoms with van der Waals surface area (Å²) >= 11 is 3.43. The zero-order valence-electron chi connectivity index (χ0n) is 11.5. The van der Waals surface area contributed by atoms with Crippen LogP contribution >= 0.6 is 15.9 Å². The minimum Gasteiger partial charge on any atom is -0.351 e. The molecule has 1 aromatic carbocycles. The first-order valence-corrected chi connectivity index (χ1v) is 8.08. The van der Waals surface area contributed by atoms with Crippen LogP contribution in [0.2, 0.25) is 0 Å². The van der Waals surface area contributed by atoms with Gasteiger partial charge in [0.15, 0.2) is 0 Å². The summed E-state index contributed by atoms with van der Waals surface area (Å²) < 4.78 is 3.45. The summed E-state index contributed by atoms with van der Waals surface area (Å²) in [6, 6.07) is 10.9. The van der Waals surface area contributed by atoms with Gasteiger partial charge in [0.25, 0.3) is 0 Å². The van der Waals surface area contributed by atoms with Gasteiger partial charge in [0.05, 0.1) is 5.69 Å². The van der Waals surface area contributed by atoms with E-state index in [0.29, 0.717) is 6.04 Å². The highest BCUT2D eigenvalue weighted by atomic mass is 79.9. The lowest BCUT2D eigenvalue weighted by Crippen LogP contribution is -2.10. The van der Waals surface area contributed by atoms with E-state index in [4.69, 9.17) is 0 Å². The molecular formula is C17H19BrN2. The SMILES string of the molecule is Brc1ccc(N=Cc2ccn(C3CCCCC3)c2)cc1. The standard InChI is InChI=1S/C17H19BrN2/c18-15-6-8-16(9-7-15)19-12-14-10-11-20(13-14)17-4-2-1-3-5-17/h6-13,17H,1-5H2. The van der Waals surface area contributed by atoms with Crippen molar-refractivity contribution in [3.05, 3.63) is 52.8 Å². The molecule has 2 nitrogen and oxygen atoms in total. The molecule has 3 rings (SSSR count). The molecule has 1 heterocycles. The van der Waals surface area contributed by atoms with Crippen molar-refractivity contribution in [1.29, 1.82) is 0 Å². The maximum Gasteiger partial charge on any atom is 0.0630 e. The molecule has 1 aliphatic rings. The minimum absolute atomic E-state index is 0.693. The van der Waals surface area contributed by atoms with Gasteiger partial charge in [-0.3, -0.25) is 4.99 Å². The van der Waals surface area contributed by atoms with Gasteiger partial charge in [-0.2, -0.15) is 0 Å². The van der Waals surface area contributed by atoms with Gasteiger partial charge in [-0.1, -0.05) is 35.2 Å². The second kappa shape index (κ2) is 6.40. The van der Waals surface area contributed by atoms with E-state index >= 15 is 0 Å². The highest BCUT2D eigenvalue weighted by Crippen LogP contribution is 2.28. The maximum atomic E-state index is 4.52. The highest BCUT2D eigenvalue weighted by molar-refractivity contribution is 9.10. The molecule has 0 amide bonds. The normalized spacial score (nSPS) is 16.9. The van der Waals surface area contributed by atoms with Crippen LogP contribution in [0.25, 0.3) is 0 Å².